The summed E-state index contributed by atoms with van der Waals surface area (Å²) in [5, 5.41) is 14.3. The van der Waals surface area contributed by atoms with Crippen LogP contribution < -0.4 is 26.2 Å². The van der Waals surface area contributed by atoms with Gasteiger partial charge >= 0.3 is 6.01 Å². The molecule has 0 radical (unpaired) electrons. The second kappa shape index (κ2) is 15.2. The number of ether oxygens (including phenoxy) is 1. The predicted molar refractivity (Wildman–Crippen MR) is 150 cm³/mol. The molecule has 12 nitrogen and oxygen atoms in total. The van der Waals surface area contributed by atoms with E-state index in [0.717, 1.165) is 32.1 Å². The van der Waals surface area contributed by atoms with E-state index in [1.54, 1.807) is 25.5 Å². The molecule has 38 heavy (non-hydrogen) atoms. The zero-order valence-electron chi connectivity index (χ0n) is 22.7. The lowest BCUT2D eigenvalue weighted by atomic mass is 10.1. The maximum absolute atomic E-state index is 9.00. The van der Waals surface area contributed by atoms with Crippen molar-refractivity contribution in [3.8, 4) is 6.01 Å². The van der Waals surface area contributed by atoms with Gasteiger partial charge in [-0.15, -0.1) is 0 Å². The van der Waals surface area contributed by atoms with E-state index in [4.69, 9.17) is 31.2 Å². The smallest absolute Gasteiger partial charge is 0.318 e. The van der Waals surface area contributed by atoms with Crippen molar-refractivity contribution < 1.29 is 14.6 Å². The van der Waals surface area contributed by atoms with Crippen LogP contribution in [0.4, 0.5) is 11.5 Å². The first-order valence-corrected chi connectivity index (χ1v) is 12.5. The van der Waals surface area contributed by atoms with Crippen LogP contribution in [0, 0.1) is 0 Å². The van der Waals surface area contributed by atoms with Gasteiger partial charge in [0.1, 0.15) is 6.61 Å². The van der Waals surface area contributed by atoms with Crippen LogP contribution in [0.5, 0.6) is 6.01 Å². The van der Waals surface area contributed by atoms with Crippen molar-refractivity contribution >= 4 is 29.9 Å². The first-order valence-electron chi connectivity index (χ1n) is 12.5. The fraction of sp³-hybridized carbons (Fsp3) is 0.423. The Morgan fingerprint density at radius 2 is 1.95 bits per heavy atom. The van der Waals surface area contributed by atoms with Gasteiger partial charge in [-0.1, -0.05) is 13.0 Å². The Morgan fingerprint density at radius 3 is 2.53 bits per heavy atom. The highest BCUT2D eigenvalue weighted by Crippen LogP contribution is 2.26. The third-order valence-electron chi connectivity index (χ3n) is 5.63. The van der Waals surface area contributed by atoms with E-state index in [-0.39, 0.29) is 12.6 Å². The molecule has 0 bridgehead atoms. The summed E-state index contributed by atoms with van der Waals surface area (Å²) in [5.74, 6) is 5.79. The van der Waals surface area contributed by atoms with E-state index < -0.39 is 5.97 Å². The zero-order valence-corrected chi connectivity index (χ0v) is 22.7. The molecule has 0 saturated carbocycles. The van der Waals surface area contributed by atoms with Crippen LogP contribution in [-0.2, 0) is 11.2 Å². The quantitative estimate of drug-likeness (QED) is 0.238. The number of piperidine rings is 1. The Hall–Kier alpha value is -4.19. The number of rotatable bonds is 10. The summed E-state index contributed by atoms with van der Waals surface area (Å²) in [5.41, 5.74) is 10.4. The minimum Gasteiger partial charge on any atom is -0.481 e. The Morgan fingerprint density at radius 1 is 1.26 bits per heavy atom. The van der Waals surface area contributed by atoms with Gasteiger partial charge in [0.15, 0.2) is 5.82 Å². The van der Waals surface area contributed by atoms with Gasteiger partial charge < -0.3 is 25.5 Å². The van der Waals surface area contributed by atoms with Crippen LogP contribution in [0.3, 0.4) is 0 Å². The van der Waals surface area contributed by atoms with Gasteiger partial charge in [-0.05, 0) is 44.7 Å². The summed E-state index contributed by atoms with van der Waals surface area (Å²) in [4.78, 5) is 24.8. The number of hydrazone groups is 1. The summed E-state index contributed by atoms with van der Waals surface area (Å²) >= 11 is 0. The molecular formula is C26H39N9O3. The van der Waals surface area contributed by atoms with Crippen molar-refractivity contribution in [1.82, 2.24) is 20.0 Å². The molecule has 2 aromatic rings. The van der Waals surface area contributed by atoms with Gasteiger partial charge in [0.25, 0.3) is 5.97 Å². The molecule has 0 aromatic carbocycles. The molecule has 1 aliphatic rings. The number of nitrogens with two attached hydrogens (primary N) is 2. The summed E-state index contributed by atoms with van der Waals surface area (Å²) in [6, 6.07) is 5.94. The maximum atomic E-state index is 9.00. The lowest BCUT2D eigenvalue weighted by Gasteiger charge is -2.30. The number of hydrogen-bond donors (Lipinski definition) is 3. The molecule has 3 rings (SSSR count). The van der Waals surface area contributed by atoms with E-state index in [1.807, 2.05) is 19.1 Å². The highest BCUT2D eigenvalue weighted by molar-refractivity contribution is 5.65. The number of hydrazine groups is 1. The fourth-order valence-electron chi connectivity index (χ4n) is 3.84. The number of hydrogen-bond acceptors (Lipinski definition) is 11. The number of carboxylic acids is 1. The van der Waals surface area contributed by atoms with E-state index >= 15 is 0 Å². The number of aliphatic carboxylic acids is 1. The molecule has 2 aromatic heterocycles. The molecule has 3 heterocycles. The van der Waals surface area contributed by atoms with Crippen molar-refractivity contribution in [1.29, 1.82) is 0 Å². The molecule has 0 aliphatic carbocycles. The monoisotopic (exact) mass is 525 g/mol. The number of allylic oxidation sites excluding steroid dienone is 1. The van der Waals surface area contributed by atoms with Crippen molar-refractivity contribution in [2.24, 2.45) is 16.7 Å². The Bertz CT molecular complexity index is 1120. The van der Waals surface area contributed by atoms with Crippen LogP contribution in [0.2, 0.25) is 0 Å². The third kappa shape index (κ3) is 8.73. The first-order chi connectivity index (χ1) is 18.2. The average molecular weight is 526 g/mol. The average Bonchev–Trinajstić information content (AvgIpc) is 2.91. The number of nitrogens with zero attached hydrogens (tertiary/aromatic N) is 7. The van der Waals surface area contributed by atoms with Gasteiger partial charge in [-0.3, -0.25) is 4.79 Å². The number of carboxylic acid groups (broad SMARTS) is 1. The molecule has 0 unspecified atom stereocenters. The van der Waals surface area contributed by atoms with Crippen LogP contribution in [0.1, 0.15) is 51.4 Å². The number of anilines is 2. The molecule has 1 fully saturated rings. The van der Waals surface area contributed by atoms with Crippen molar-refractivity contribution in [3.63, 3.8) is 0 Å². The standard InChI is InChI=1S/C24H35N9O.C2H4O2/c1-5-14-33(27-3)22-12-13-28-24(30-22)34-17-21(31(4)26)23(25)19-10-11-20(18(6-2)29-19)32-15-8-7-9-16-32;1-2(3)4/h5,10-14H,3,6-9,15-17,25-26H2,1-2,4H3;1H3,(H,3,4)/b14-5-,23-21-;. The van der Waals surface area contributed by atoms with E-state index in [0.29, 0.717) is 22.9 Å². The second-order valence-corrected chi connectivity index (χ2v) is 8.51. The number of aromatic nitrogens is 3. The number of likely N-dealkylation sites (N-methyl/N-ethyl adjacent to an activating group) is 1. The van der Waals surface area contributed by atoms with Gasteiger partial charge in [0.2, 0.25) is 0 Å². The SMILES string of the molecule is C=NN(/C=C\C)c1ccnc(OC/C(=C(/N)c2ccc(N3CCCCC3)c(CC)n2)N(C)N)n1.CC(=O)O. The summed E-state index contributed by atoms with van der Waals surface area (Å²) in [6.45, 7) is 10.8. The normalized spacial score (nSPS) is 13.8. The summed E-state index contributed by atoms with van der Waals surface area (Å²) in [7, 11) is 1.71. The Kier molecular flexibility index (Phi) is 12.0. The topological polar surface area (TPSA) is 159 Å². The molecule has 0 atom stereocenters. The van der Waals surface area contributed by atoms with Crippen molar-refractivity contribution in [2.45, 2.75) is 46.5 Å². The number of pyridine rings is 1. The lowest BCUT2D eigenvalue weighted by Crippen LogP contribution is -2.32. The summed E-state index contributed by atoms with van der Waals surface area (Å²) < 4.78 is 5.83. The highest BCUT2D eigenvalue weighted by Gasteiger charge is 2.18. The largest absolute Gasteiger partial charge is 0.481 e. The van der Waals surface area contributed by atoms with Crippen LogP contribution >= 0.6 is 0 Å². The lowest BCUT2D eigenvalue weighted by molar-refractivity contribution is -0.134. The first kappa shape index (κ1) is 30.0. The predicted octanol–water partition coefficient (Wildman–Crippen LogP) is 2.98. The molecule has 0 spiro atoms. The second-order valence-electron chi connectivity index (χ2n) is 8.51. The minimum atomic E-state index is -0.833. The van der Waals surface area contributed by atoms with Gasteiger partial charge in [0, 0.05) is 52.2 Å². The molecule has 0 amide bonds. The number of carbonyl (C=O) groups is 1. The van der Waals surface area contributed by atoms with E-state index in [1.165, 1.54) is 35.0 Å². The Labute approximate surface area is 224 Å². The van der Waals surface area contributed by atoms with Gasteiger partial charge in [-0.2, -0.15) is 10.1 Å². The van der Waals surface area contributed by atoms with E-state index in [9.17, 15) is 0 Å². The van der Waals surface area contributed by atoms with Crippen molar-refractivity contribution in [2.75, 3.05) is 36.7 Å². The number of aryl methyl sites for hydroxylation is 1. The highest BCUT2D eigenvalue weighted by atomic mass is 16.5. The summed E-state index contributed by atoms with van der Waals surface area (Å²) in [6.07, 6.45) is 9.69. The molecular weight excluding hydrogens is 486 g/mol. The molecule has 1 saturated heterocycles. The van der Waals surface area contributed by atoms with Crippen LogP contribution in [0.15, 0.2) is 47.5 Å². The molecule has 1 aliphatic heterocycles. The fourth-order valence-corrected chi connectivity index (χ4v) is 3.84. The third-order valence-corrected chi connectivity index (χ3v) is 5.63. The van der Waals surface area contributed by atoms with Gasteiger partial charge in [0.05, 0.1) is 28.5 Å². The van der Waals surface area contributed by atoms with Gasteiger partial charge in [-0.25, -0.2) is 20.8 Å². The van der Waals surface area contributed by atoms with E-state index in [2.05, 4.69) is 39.7 Å². The zero-order chi connectivity index (χ0) is 28.1. The molecule has 206 valence electrons. The molecule has 5 N–H and O–H groups in total. The van der Waals surface area contributed by atoms with Crippen LogP contribution in [-0.4, -0.2) is 64.5 Å². The minimum absolute atomic E-state index is 0.0738. The van der Waals surface area contributed by atoms with Crippen LogP contribution in [0.25, 0.3) is 5.70 Å². The Balaban J connectivity index is 0.00000118. The molecule has 12 heteroatoms. The maximum Gasteiger partial charge on any atom is 0.318 e. The van der Waals surface area contributed by atoms with Crippen molar-refractivity contribution in [3.05, 3.63) is 53.8 Å².